The van der Waals surface area contributed by atoms with Gasteiger partial charge in [0.15, 0.2) is 0 Å². The Bertz CT molecular complexity index is 1340. The molecule has 1 amide bonds. The number of amides is 1. The van der Waals surface area contributed by atoms with E-state index in [9.17, 15) is 19.6 Å². The number of anilines is 2. The number of aryl methyl sites for hydroxylation is 2. The summed E-state index contributed by atoms with van der Waals surface area (Å²) in [5, 5.41) is 15.0. The minimum absolute atomic E-state index is 0.0542. The zero-order valence-corrected chi connectivity index (χ0v) is 19.4. The number of nitrogens with one attached hydrogen (secondary N) is 2. The molecule has 0 aliphatic carbocycles. The van der Waals surface area contributed by atoms with E-state index < -0.39 is 5.91 Å². The van der Waals surface area contributed by atoms with Crippen molar-refractivity contribution >= 4 is 45.9 Å². The lowest BCUT2D eigenvalue weighted by Gasteiger charge is -2.12. The van der Waals surface area contributed by atoms with Gasteiger partial charge in [0, 0.05) is 26.3 Å². The van der Waals surface area contributed by atoms with Gasteiger partial charge in [0.1, 0.15) is 22.5 Å². The zero-order valence-electron chi connectivity index (χ0n) is 18.6. The molecule has 0 saturated carbocycles. The summed E-state index contributed by atoms with van der Waals surface area (Å²) in [6, 6.07) is 8.70. The average molecular weight is 471 g/mol. The van der Waals surface area contributed by atoms with Crippen LogP contribution >= 0.6 is 11.6 Å². The quantitative estimate of drug-likeness (QED) is 0.400. The Morgan fingerprint density at radius 3 is 2.67 bits per heavy atom. The van der Waals surface area contributed by atoms with E-state index >= 15 is 0 Å². The molecule has 2 aromatic heterocycles. The molecule has 1 atom stereocenters. The largest absolute Gasteiger partial charge is 0.469 e. The first-order chi connectivity index (χ1) is 15.7. The van der Waals surface area contributed by atoms with Crippen molar-refractivity contribution in [2.24, 2.45) is 13.0 Å². The Morgan fingerprint density at radius 2 is 2.03 bits per heavy atom. The van der Waals surface area contributed by atoms with E-state index in [2.05, 4.69) is 15.6 Å². The fraction of sp³-hybridized carbons (Fsp3) is 0.318. The first-order valence-corrected chi connectivity index (χ1v) is 10.5. The van der Waals surface area contributed by atoms with E-state index in [1.165, 1.54) is 24.8 Å². The fourth-order valence-electron chi connectivity index (χ4n) is 3.46. The van der Waals surface area contributed by atoms with Gasteiger partial charge in [0.05, 0.1) is 29.7 Å². The molecule has 1 aromatic carbocycles. The molecule has 0 radical (unpaired) electrons. The molecule has 33 heavy (non-hydrogen) atoms. The van der Waals surface area contributed by atoms with Crippen LogP contribution in [0.3, 0.4) is 0 Å². The standard InChI is InChI=1S/C22H23ClN6O4/c1-12(21(31)33-4)7-8-29-18-9-13(5-6-17(18)28(3)22(29)32)26-15-10-16(20(30)25-2)27-19(23)14(15)11-24/h5-6,9-10,12H,7-8H2,1-4H3,(H,25,30)(H,26,27). The number of esters is 1. The van der Waals surface area contributed by atoms with Gasteiger partial charge in [0.2, 0.25) is 0 Å². The number of pyridine rings is 1. The van der Waals surface area contributed by atoms with Gasteiger partial charge in [-0.05, 0) is 30.7 Å². The molecular formula is C22H23ClN6O4. The smallest absolute Gasteiger partial charge is 0.328 e. The number of methoxy groups -OCH3 is 1. The highest BCUT2D eigenvalue weighted by molar-refractivity contribution is 6.31. The number of carbonyl (C=O) groups excluding carboxylic acids is 2. The van der Waals surface area contributed by atoms with Crippen molar-refractivity contribution in [3.8, 4) is 6.07 Å². The summed E-state index contributed by atoms with van der Waals surface area (Å²) in [6.45, 7) is 2.07. The number of ether oxygens (including phenoxy) is 1. The number of imidazole rings is 1. The number of nitrogens with zero attached hydrogens (tertiary/aromatic N) is 4. The van der Waals surface area contributed by atoms with Crippen molar-refractivity contribution in [3.63, 3.8) is 0 Å². The van der Waals surface area contributed by atoms with Crippen molar-refractivity contribution < 1.29 is 14.3 Å². The number of benzene rings is 1. The van der Waals surface area contributed by atoms with Gasteiger partial charge < -0.3 is 15.4 Å². The van der Waals surface area contributed by atoms with Crippen molar-refractivity contribution in [1.29, 1.82) is 5.26 Å². The normalized spacial score (nSPS) is 11.6. The van der Waals surface area contributed by atoms with Crippen LogP contribution in [0, 0.1) is 17.2 Å². The van der Waals surface area contributed by atoms with Crippen LogP contribution in [-0.4, -0.2) is 40.2 Å². The maximum atomic E-state index is 12.8. The molecule has 0 aliphatic rings. The lowest BCUT2D eigenvalue weighted by atomic mass is 10.1. The second kappa shape index (κ2) is 9.75. The van der Waals surface area contributed by atoms with Crippen LogP contribution in [0.1, 0.15) is 29.4 Å². The number of hydrogen-bond acceptors (Lipinski definition) is 7. The first-order valence-electron chi connectivity index (χ1n) is 10.1. The summed E-state index contributed by atoms with van der Waals surface area (Å²) >= 11 is 6.11. The van der Waals surface area contributed by atoms with Crippen LogP contribution in [-0.2, 0) is 23.1 Å². The topological polar surface area (TPSA) is 131 Å². The molecule has 10 nitrogen and oxygen atoms in total. The van der Waals surface area contributed by atoms with E-state index in [0.29, 0.717) is 35.4 Å². The second-order valence-corrected chi connectivity index (χ2v) is 7.80. The van der Waals surface area contributed by atoms with Gasteiger partial charge in [-0.15, -0.1) is 0 Å². The number of carbonyl (C=O) groups is 2. The highest BCUT2D eigenvalue weighted by Gasteiger charge is 2.18. The lowest BCUT2D eigenvalue weighted by molar-refractivity contribution is -0.145. The van der Waals surface area contributed by atoms with Crippen LogP contribution in [0.2, 0.25) is 5.15 Å². The molecule has 0 aliphatic heterocycles. The molecule has 0 saturated heterocycles. The summed E-state index contributed by atoms with van der Waals surface area (Å²) < 4.78 is 7.87. The average Bonchev–Trinajstić information content (AvgIpc) is 3.05. The minimum Gasteiger partial charge on any atom is -0.469 e. The predicted octanol–water partition coefficient (Wildman–Crippen LogP) is 2.56. The van der Waals surface area contributed by atoms with Gasteiger partial charge in [-0.25, -0.2) is 9.78 Å². The maximum absolute atomic E-state index is 12.8. The summed E-state index contributed by atoms with van der Waals surface area (Å²) in [5.74, 6) is -1.15. The molecule has 2 N–H and O–H groups in total. The second-order valence-electron chi connectivity index (χ2n) is 7.45. The van der Waals surface area contributed by atoms with Crippen LogP contribution < -0.4 is 16.3 Å². The molecule has 1 unspecified atom stereocenters. The summed E-state index contributed by atoms with van der Waals surface area (Å²) in [4.78, 5) is 40.5. The third kappa shape index (κ3) is 4.68. The van der Waals surface area contributed by atoms with Crippen LogP contribution in [0.5, 0.6) is 0 Å². The summed E-state index contributed by atoms with van der Waals surface area (Å²) in [7, 11) is 4.47. The molecule has 0 spiro atoms. The van der Waals surface area contributed by atoms with Gasteiger partial charge in [0.25, 0.3) is 5.91 Å². The van der Waals surface area contributed by atoms with Gasteiger partial charge >= 0.3 is 11.7 Å². The number of hydrogen-bond donors (Lipinski definition) is 2. The monoisotopic (exact) mass is 470 g/mol. The van der Waals surface area contributed by atoms with Gasteiger partial charge in [-0.2, -0.15) is 5.26 Å². The van der Waals surface area contributed by atoms with E-state index in [1.54, 1.807) is 36.7 Å². The molecule has 0 fully saturated rings. The number of nitriles is 1. The van der Waals surface area contributed by atoms with E-state index in [0.717, 1.165) is 0 Å². The lowest BCUT2D eigenvalue weighted by Crippen LogP contribution is -2.24. The van der Waals surface area contributed by atoms with E-state index in [-0.39, 0.29) is 34.0 Å². The van der Waals surface area contributed by atoms with E-state index in [4.69, 9.17) is 16.3 Å². The Hall–Kier alpha value is -3.84. The molecule has 3 aromatic rings. The Balaban J connectivity index is 2.02. The Morgan fingerprint density at radius 1 is 1.30 bits per heavy atom. The summed E-state index contributed by atoms with van der Waals surface area (Å²) in [6.07, 6.45) is 0.428. The number of aromatic nitrogens is 3. The SMILES string of the molecule is CNC(=O)c1cc(Nc2ccc3c(c2)n(CCC(C)C(=O)OC)c(=O)n3C)c(C#N)c(Cl)n1. The van der Waals surface area contributed by atoms with Gasteiger partial charge in [-0.3, -0.25) is 18.7 Å². The van der Waals surface area contributed by atoms with Crippen molar-refractivity contribution in [3.05, 3.63) is 51.2 Å². The fourth-order valence-corrected chi connectivity index (χ4v) is 3.70. The minimum atomic E-state index is -0.448. The van der Waals surface area contributed by atoms with Crippen molar-refractivity contribution in [2.45, 2.75) is 19.9 Å². The molecule has 2 heterocycles. The van der Waals surface area contributed by atoms with E-state index in [1.807, 2.05) is 6.07 Å². The molecule has 0 bridgehead atoms. The number of fused-ring (bicyclic) bond motifs is 1. The first kappa shape index (κ1) is 23.8. The molecule has 3 rings (SSSR count). The Kier molecular flexibility index (Phi) is 7.04. The number of rotatable bonds is 7. The van der Waals surface area contributed by atoms with Crippen LogP contribution in [0.15, 0.2) is 29.1 Å². The summed E-state index contributed by atoms with van der Waals surface area (Å²) in [5.41, 5.74) is 2.15. The molecular weight excluding hydrogens is 448 g/mol. The highest BCUT2D eigenvalue weighted by atomic mass is 35.5. The maximum Gasteiger partial charge on any atom is 0.328 e. The van der Waals surface area contributed by atoms with Crippen LogP contribution in [0.4, 0.5) is 11.4 Å². The van der Waals surface area contributed by atoms with Crippen LogP contribution in [0.25, 0.3) is 11.0 Å². The van der Waals surface area contributed by atoms with Gasteiger partial charge in [-0.1, -0.05) is 18.5 Å². The van der Waals surface area contributed by atoms with Crippen molar-refractivity contribution in [1.82, 2.24) is 19.4 Å². The molecule has 172 valence electrons. The van der Waals surface area contributed by atoms with Crippen molar-refractivity contribution in [2.75, 3.05) is 19.5 Å². The zero-order chi connectivity index (χ0) is 24.3. The predicted molar refractivity (Wildman–Crippen MR) is 124 cm³/mol. The third-order valence-electron chi connectivity index (χ3n) is 5.36. The highest BCUT2D eigenvalue weighted by Crippen LogP contribution is 2.28. The number of halogens is 1. The Labute approximate surface area is 194 Å². The molecule has 11 heteroatoms. The third-order valence-corrected chi connectivity index (χ3v) is 5.63.